The summed E-state index contributed by atoms with van der Waals surface area (Å²) in [4.78, 5) is 16.5. The van der Waals surface area contributed by atoms with Crippen molar-refractivity contribution in [3.8, 4) is 11.1 Å². The lowest BCUT2D eigenvalue weighted by atomic mass is 9.96. The van der Waals surface area contributed by atoms with E-state index in [4.69, 9.17) is 9.84 Å². The lowest BCUT2D eigenvalue weighted by Gasteiger charge is -2.32. The molecule has 8 nitrogen and oxygen atoms in total. The molecule has 3 aliphatic heterocycles. The van der Waals surface area contributed by atoms with Gasteiger partial charge in [-0.1, -0.05) is 6.07 Å². The minimum Gasteiger partial charge on any atom is -0.379 e. The fourth-order valence-electron chi connectivity index (χ4n) is 5.70. The van der Waals surface area contributed by atoms with Gasteiger partial charge in [-0.2, -0.15) is 10.2 Å². The van der Waals surface area contributed by atoms with Gasteiger partial charge in [-0.25, -0.2) is 0 Å². The number of nitrogens with zero attached hydrogens (tertiary/aromatic N) is 6. The normalized spacial score (nSPS) is 19.9. The van der Waals surface area contributed by atoms with Crippen LogP contribution in [0.15, 0.2) is 24.4 Å². The van der Waals surface area contributed by atoms with E-state index in [-0.39, 0.29) is 11.9 Å². The summed E-state index contributed by atoms with van der Waals surface area (Å²) < 4.78 is 9.84. The second-order valence-electron chi connectivity index (χ2n) is 9.77. The number of aromatic nitrogens is 4. The first-order valence-corrected chi connectivity index (χ1v) is 12.3. The molecule has 0 spiro atoms. The summed E-state index contributed by atoms with van der Waals surface area (Å²) in [5, 5.41) is 9.63. The molecule has 1 atom stereocenters. The third-order valence-corrected chi connectivity index (χ3v) is 7.76. The predicted octanol–water partition coefficient (Wildman–Crippen LogP) is 3.54. The van der Waals surface area contributed by atoms with Gasteiger partial charge in [0.2, 0.25) is 5.91 Å². The van der Waals surface area contributed by atoms with Crippen molar-refractivity contribution in [1.29, 1.82) is 0 Å². The topological polar surface area (TPSA) is 68.4 Å². The van der Waals surface area contributed by atoms with Gasteiger partial charge in [0.25, 0.3) is 0 Å². The van der Waals surface area contributed by atoms with Gasteiger partial charge in [0.05, 0.1) is 25.4 Å². The van der Waals surface area contributed by atoms with Crippen LogP contribution in [0.4, 0.5) is 11.5 Å². The summed E-state index contributed by atoms with van der Waals surface area (Å²) in [6, 6.07) is 7.05. The first-order chi connectivity index (χ1) is 16.5. The smallest absolute Gasteiger partial charge is 0.219 e. The Balaban J connectivity index is 1.42. The van der Waals surface area contributed by atoms with E-state index >= 15 is 0 Å². The maximum absolute atomic E-state index is 12.2. The van der Waals surface area contributed by atoms with Crippen molar-refractivity contribution < 1.29 is 9.53 Å². The van der Waals surface area contributed by atoms with Gasteiger partial charge in [0.1, 0.15) is 0 Å². The second kappa shape index (κ2) is 8.27. The number of aryl methyl sites for hydroxylation is 2. The summed E-state index contributed by atoms with van der Waals surface area (Å²) in [6.07, 6.45) is 5.92. The molecule has 1 unspecified atom stereocenters. The Morgan fingerprint density at radius 1 is 1.21 bits per heavy atom. The van der Waals surface area contributed by atoms with Crippen molar-refractivity contribution in [3.05, 3.63) is 46.9 Å². The molecule has 34 heavy (non-hydrogen) atoms. The molecular weight excluding hydrogens is 428 g/mol. The number of fused-ring (bicyclic) bond motifs is 2. The molecule has 0 aliphatic carbocycles. The Bertz CT molecular complexity index is 1250. The van der Waals surface area contributed by atoms with Crippen molar-refractivity contribution >= 4 is 17.4 Å². The van der Waals surface area contributed by atoms with E-state index in [9.17, 15) is 4.79 Å². The summed E-state index contributed by atoms with van der Waals surface area (Å²) in [7, 11) is 1.98. The average molecular weight is 461 g/mol. The SMILES string of the molecule is CC(=O)N1CCc2c(c(N3CCCc4cc(-c5cnn(C)c5C)ccc43)nn2C2CCOC2)C1. The lowest BCUT2D eigenvalue weighted by Crippen LogP contribution is -2.35. The molecule has 8 heteroatoms. The summed E-state index contributed by atoms with van der Waals surface area (Å²) in [5.74, 6) is 1.14. The zero-order chi connectivity index (χ0) is 23.4. The number of hydrogen-bond acceptors (Lipinski definition) is 5. The number of amides is 1. The third kappa shape index (κ3) is 3.43. The second-order valence-corrected chi connectivity index (χ2v) is 9.77. The highest BCUT2D eigenvalue weighted by Gasteiger charge is 2.33. The van der Waals surface area contributed by atoms with Crippen LogP contribution in [0.2, 0.25) is 0 Å². The molecule has 6 rings (SSSR count). The minimum atomic E-state index is 0.129. The Kier molecular flexibility index (Phi) is 5.21. The minimum absolute atomic E-state index is 0.129. The molecule has 178 valence electrons. The van der Waals surface area contributed by atoms with Crippen molar-refractivity contribution in [1.82, 2.24) is 24.5 Å². The molecule has 1 aromatic carbocycles. The number of carbonyl (C=O) groups excluding carboxylic acids is 1. The standard InChI is InChI=1S/C26H32N6O2/c1-17-22(14-27-29(17)3)19-6-7-24-20(13-19)5-4-10-31(24)26-23-15-30(18(2)33)11-8-25(23)32(28-26)21-9-12-34-16-21/h6-7,13-14,21H,4-5,8-12,15-16H2,1-3H3. The molecule has 0 N–H and O–H groups in total. The van der Waals surface area contributed by atoms with E-state index in [0.29, 0.717) is 13.2 Å². The van der Waals surface area contributed by atoms with Gasteiger partial charge in [-0.3, -0.25) is 14.2 Å². The van der Waals surface area contributed by atoms with Crippen LogP contribution in [-0.2, 0) is 36.0 Å². The van der Waals surface area contributed by atoms with E-state index < -0.39 is 0 Å². The van der Waals surface area contributed by atoms with Crippen LogP contribution >= 0.6 is 0 Å². The largest absolute Gasteiger partial charge is 0.379 e. The summed E-state index contributed by atoms with van der Waals surface area (Å²) in [5.41, 5.74) is 8.62. The molecule has 0 radical (unpaired) electrons. The quantitative estimate of drug-likeness (QED) is 0.598. The van der Waals surface area contributed by atoms with E-state index in [1.54, 1.807) is 6.92 Å². The van der Waals surface area contributed by atoms with Gasteiger partial charge >= 0.3 is 0 Å². The number of carbonyl (C=O) groups is 1. The number of ether oxygens (including phenoxy) is 1. The lowest BCUT2D eigenvalue weighted by molar-refractivity contribution is -0.129. The summed E-state index contributed by atoms with van der Waals surface area (Å²) >= 11 is 0. The predicted molar refractivity (Wildman–Crippen MR) is 130 cm³/mol. The van der Waals surface area contributed by atoms with Gasteiger partial charge in [0, 0.05) is 68.3 Å². The molecule has 1 amide bonds. The molecule has 1 fully saturated rings. The molecule has 3 aromatic rings. The van der Waals surface area contributed by atoms with E-state index in [0.717, 1.165) is 51.2 Å². The van der Waals surface area contributed by atoms with Gasteiger partial charge < -0.3 is 14.5 Å². The van der Waals surface area contributed by atoms with Crippen LogP contribution in [0.5, 0.6) is 0 Å². The van der Waals surface area contributed by atoms with Crippen molar-refractivity contribution in [2.45, 2.75) is 52.1 Å². The van der Waals surface area contributed by atoms with Crippen molar-refractivity contribution in [2.75, 3.05) is 31.2 Å². The van der Waals surface area contributed by atoms with Crippen LogP contribution in [0.1, 0.15) is 48.3 Å². The molecule has 0 bridgehead atoms. The maximum Gasteiger partial charge on any atom is 0.219 e. The first-order valence-electron chi connectivity index (χ1n) is 12.3. The van der Waals surface area contributed by atoms with Crippen LogP contribution in [0, 0.1) is 6.92 Å². The molecular formula is C26H32N6O2. The molecule has 3 aliphatic rings. The highest BCUT2D eigenvalue weighted by molar-refractivity contribution is 5.76. The third-order valence-electron chi connectivity index (χ3n) is 7.76. The number of rotatable bonds is 3. The van der Waals surface area contributed by atoms with E-state index in [2.05, 4.69) is 39.8 Å². The zero-order valence-corrected chi connectivity index (χ0v) is 20.3. The van der Waals surface area contributed by atoms with Gasteiger partial charge in [-0.05, 0) is 49.4 Å². The average Bonchev–Trinajstić information content (AvgIpc) is 3.58. The molecule has 2 aromatic heterocycles. The fraction of sp³-hybridized carbons (Fsp3) is 0.500. The van der Waals surface area contributed by atoms with Crippen LogP contribution in [0.25, 0.3) is 11.1 Å². The summed E-state index contributed by atoms with van der Waals surface area (Å²) in [6.45, 7) is 7.60. The fourth-order valence-corrected chi connectivity index (χ4v) is 5.70. The number of anilines is 2. The number of benzene rings is 1. The highest BCUT2D eigenvalue weighted by Crippen LogP contribution is 2.40. The van der Waals surface area contributed by atoms with Crippen LogP contribution in [0.3, 0.4) is 0 Å². The molecule has 1 saturated heterocycles. The van der Waals surface area contributed by atoms with E-state index in [1.807, 2.05) is 22.8 Å². The monoisotopic (exact) mass is 460 g/mol. The maximum atomic E-state index is 12.2. The molecule has 5 heterocycles. The Morgan fingerprint density at radius 3 is 2.82 bits per heavy atom. The van der Waals surface area contributed by atoms with Crippen LogP contribution < -0.4 is 4.90 Å². The Morgan fingerprint density at radius 2 is 2.09 bits per heavy atom. The van der Waals surface area contributed by atoms with Gasteiger partial charge in [0.15, 0.2) is 5.82 Å². The first kappa shape index (κ1) is 21.4. The van der Waals surface area contributed by atoms with Crippen molar-refractivity contribution in [3.63, 3.8) is 0 Å². The Hall–Kier alpha value is -3.13. The molecule has 0 saturated carbocycles. The van der Waals surface area contributed by atoms with E-state index in [1.165, 1.54) is 39.3 Å². The number of hydrogen-bond donors (Lipinski definition) is 0. The van der Waals surface area contributed by atoms with Crippen molar-refractivity contribution in [2.24, 2.45) is 7.05 Å². The Labute approximate surface area is 200 Å². The van der Waals surface area contributed by atoms with Gasteiger partial charge in [-0.15, -0.1) is 0 Å². The zero-order valence-electron chi connectivity index (χ0n) is 20.3. The highest BCUT2D eigenvalue weighted by atomic mass is 16.5. The van der Waals surface area contributed by atoms with Crippen LogP contribution in [-0.4, -0.2) is 56.7 Å².